The lowest BCUT2D eigenvalue weighted by Crippen LogP contribution is -2.64. The smallest absolute Gasteiger partial charge is 0.462 e. The molecule has 0 aromatic heterocycles. The fraction of sp³-hybridized carbons (Fsp3) is 0.870. The van der Waals surface area contributed by atoms with Crippen molar-refractivity contribution < 1.29 is 63.1 Å². The third-order valence-electron chi connectivity index (χ3n) is 11.0. The van der Waals surface area contributed by atoms with Gasteiger partial charge in [-0.05, 0) is 64.2 Å². The van der Waals surface area contributed by atoms with Crippen molar-refractivity contribution in [2.75, 3.05) is 13.2 Å². The van der Waals surface area contributed by atoms with Crippen LogP contribution >= 0.6 is 7.82 Å². The Bertz CT molecular complexity index is 1150. The highest BCUT2D eigenvalue weighted by Gasteiger charge is 2.51. The monoisotopic (exact) mass is 877 g/mol. The Labute approximate surface area is 362 Å². The predicted octanol–water partition coefficient (Wildman–Crippen LogP) is 9.23. The molecule has 1 aliphatic rings. The molecule has 8 atom stereocenters. The number of carbonyl (C=O) groups is 2. The summed E-state index contributed by atoms with van der Waals surface area (Å²) in [6.07, 6.45) is 26.6. The van der Waals surface area contributed by atoms with Gasteiger partial charge in [0.05, 0.1) is 6.61 Å². The second-order valence-corrected chi connectivity index (χ2v) is 18.0. The van der Waals surface area contributed by atoms with Crippen molar-refractivity contribution in [2.24, 2.45) is 0 Å². The van der Waals surface area contributed by atoms with E-state index in [0.717, 1.165) is 70.6 Å². The molecule has 0 amide bonds. The highest BCUT2D eigenvalue weighted by atomic mass is 31.2. The molecule has 60 heavy (non-hydrogen) atoms. The van der Waals surface area contributed by atoms with Crippen LogP contribution in [0.5, 0.6) is 0 Å². The first-order valence-corrected chi connectivity index (χ1v) is 25.1. The van der Waals surface area contributed by atoms with Gasteiger partial charge in [-0.2, -0.15) is 0 Å². The normalized spacial score (nSPS) is 22.3. The maximum Gasteiger partial charge on any atom is 0.472 e. The number of aliphatic hydroxyl groups is 5. The Morgan fingerprint density at radius 1 is 0.500 bits per heavy atom. The fourth-order valence-electron chi connectivity index (χ4n) is 7.16. The van der Waals surface area contributed by atoms with Crippen LogP contribution in [0.4, 0.5) is 0 Å². The largest absolute Gasteiger partial charge is 0.472 e. The van der Waals surface area contributed by atoms with E-state index in [1.807, 2.05) is 0 Å². The number of aliphatic hydroxyl groups excluding tert-OH is 5. The first-order valence-electron chi connectivity index (χ1n) is 23.6. The molecular weight excluding hydrogens is 791 g/mol. The summed E-state index contributed by atoms with van der Waals surface area (Å²) < 4.78 is 33.5. The van der Waals surface area contributed by atoms with Gasteiger partial charge in [0, 0.05) is 12.8 Å². The molecule has 0 heterocycles. The van der Waals surface area contributed by atoms with Crippen molar-refractivity contribution in [1.82, 2.24) is 0 Å². The number of carbonyl (C=O) groups excluding carboxylic acids is 2. The molecule has 6 unspecified atom stereocenters. The molecule has 1 rings (SSSR count). The summed E-state index contributed by atoms with van der Waals surface area (Å²) in [5, 5.41) is 50.1. The molecule has 6 N–H and O–H groups in total. The summed E-state index contributed by atoms with van der Waals surface area (Å²) in [6.45, 7) is 3.28. The molecule has 14 heteroatoms. The average Bonchev–Trinajstić information content (AvgIpc) is 3.23. The van der Waals surface area contributed by atoms with Gasteiger partial charge in [0.15, 0.2) is 6.10 Å². The molecule has 0 saturated heterocycles. The van der Waals surface area contributed by atoms with Gasteiger partial charge < -0.3 is 39.9 Å². The van der Waals surface area contributed by atoms with Crippen LogP contribution in [0.1, 0.15) is 200 Å². The molecule has 13 nitrogen and oxygen atoms in total. The third kappa shape index (κ3) is 28.8. The van der Waals surface area contributed by atoms with Gasteiger partial charge in [0.1, 0.15) is 43.2 Å². The second kappa shape index (κ2) is 36.8. The molecule has 0 aromatic rings. The maximum atomic E-state index is 12.8. The number of phosphoric ester groups is 1. The Balaban J connectivity index is 2.45. The standard InChI is InChI=1S/C46H85O13P/c1-3-5-7-9-11-13-15-17-19-20-21-23-24-26-28-30-32-34-39(47)56-36-38(37-57-60(54,55)59-46-44(52)42(50)41(49)43(51)45(46)53)58-40(48)35-33-31-29-27-25-22-18-16-14-12-10-8-6-4-2/h16-19,38,41-46,49-53H,3-15,20-37H2,1-2H3,(H,54,55)/b18-16+,19-17+/t38-,41?,42-,43?,44?,45?,46?/m0/s1. The van der Waals surface area contributed by atoms with Gasteiger partial charge in [-0.3, -0.25) is 18.6 Å². The minimum atomic E-state index is -5.12. The van der Waals surface area contributed by atoms with Gasteiger partial charge in [-0.1, -0.05) is 147 Å². The summed E-state index contributed by atoms with van der Waals surface area (Å²) in [4.78, 5) is 35.7. The van der Waals surface area contributed by atoms with Crippen molar-refractivity contribution in [2.45, 2.75) is 243 Å². The van der Waals surface area contributed by atoms with E-state index in [0.29, 0.717) is 12.8 Å². The molecule has 1 fully saturated rings. The van der Waals surface area contributed by atoms with Crippen LogP contribution in [0.15, 0.2) is 24.3 Å². The van der Waals surface area contributed by atoms with Gasteiger partial charge in [-0.15, -0.1) is 0 Å². The van der Waals surface area contributed by atoms with Gasteiger partial charge >= 0.3 is 19.8 Å². The van der Waals surface area contributed by atoms with Crippen LogP contribution in [0.3, 0.4) is 0 Å². The molecule has 0 radical (unpaired) electrons. The van der Waals surface area contributed by atoms with Crippen molar-refractivity contribution in [3.8, 4) is 0 Å². The number of rotatable bonds is 39. The van der Waals surface area contributed by atoms with E-state index in [-0.39, 0.29) is 12.8 Å². The van der Waals surface area contributed by atoms with Crippen LogP contribution < -0.4 is 0 Å². The molecule has 1 aliphatic carbocycles. The minimum Gasteiger partial charge on any atom is -0.462 e. The number of unbranched alkanes of at least 4 members (excludes halogenated alkanes) is 23. The summed E-state index contributed by atoms with van der Waals surface area (Å²) in [5.74, 6) is -1.11. The van der Waals surface area contributed by atoms with E-state index < -0.39 is 75.7 Å². The lowest BCUT2D eigenvalue weighted by Gasteiger charge is -2.41. The van der Waals surface area contributed by atoms with Gasteiger partial charge in [0.25, 0.3) is 0 Å². The SMILES string of the molecule is CCCCCCC/C=C/CCCCCCCC(=O)O[C@@H](COC(=O)CCCCCCCCC/C=C/CCCCCCCC)COP(=O)(O)OC1C(O)C(O)C(O)[C@H](O)C1O. The first-order chi connectivity index (χ1) is 28.9. The number of hydrogen-bond donors (Lipinski definition) is 6. The van der Waals surface area contributed by atoms with Crippen molar-refractivity contribution in [3.05, 3.63) is 24.3 Å². The van der Waals surface area contributed by atoms with Gasteiger partial charge in [-0.25, -0.2) is 4.57 Å². The Morgan fingerprint density at radius 2 is 0.850 bits per heavy atom. The predicted molar refractivity (Wildman–Crippen MR) is 235 cm³/mol. The van der Waals surface area contributed by atoms with Crippen molar-refractivity contribution in [1.29, 1.82) is 0 Å². The van der Waals surface area contributed by atoms with Crippen LogP contribution in [0, 0.1) is 0 Å². The number of phosphoric acid groups is 1. The van der Waals surface area contributed by atoms with Gasteiger partial charge in [0.2, 0.25) is 0 Å². The molecule has 0 aromatic carbocycles. The molecule has 1 saturated carbocycles. The van der Waals surface area contributed by atoms with Crippen molar-refractivity contribution >= 4 is 19.8 Å². The van der Waals surface area contributed by atoms with E-state index in [2.05, 4.69) is 38.2 Å². The van der Waals surface area contributed by atoms with E-state index in [1.165, 1.54) is 89.9 Å². The van der Waals surface area contributed by atoms with Crippen LogP contribution in [0.25, 0.3) is 0 Å². The molecule has 352 valence electrons. The minimum absolute atomic E-state index is 0.0875. The van der Waals surface area contributed by atoms with Crippen LogP contribution in [-0.4, -0.2) is 98.3 Å². The van der Waals surface area contributed by atoms with Crippen molar-refractivity contribution in [3.63, 3.8) is 0 Å². The number of ether oxygens (including phenoxy) is 2. The zero-order valence-corrected chi connectivity index (χ0v) is 38.2. The fourth-order valence-corrected chi connectivity index (χ4v) is 8.13. The first kappa shape index (κ1) is 56.3. The zero-order chi connectivity index (χ0) is 44.3. The molecule has 0 bridgehead atoms. The number of esters is 2. The third-order valence-corrected chi connectivity index (χ3v) is 12.0. The Morgan fingerprint density at radius 3 is 1.27 bits per heavy atom. The summed E-state index contributed by atoms with van der Waals surface area (Å²) in [5.41, 5.74) is 0. The highest BCUT2D eigenvalue weighted by molar-refractivity contribution is 7.47. The molecular formula is C46H85O13P. The number of allylic oxidation sites excluding steroid dienone is 4. The topological polar surface area (TPSA) is 210 Å². The maximum absolute atomic E-state index is 12.8. The van der Waals surface area contributed by atoms with E-state index in [1.54, 1.807) is 0 Å². The quantitative estimate of drug-likeness (QED) is 0.0147. The average molecular weight is 877 g/mol. The zero-order valence-electron chi connectivity index (χ0n) is 37.3. The van der Waals surface area contributed by atoms with Crippen LogP contribution in [0.2, 0.25) is 0 Å². The molecule has 0 spiro atoms. The Hall–Kier alpha value is -1.67. The Kier molecular flexibility index (Phi) is 34.5. The number of hydrogen-bond acceptors (Lipinski definition) is 12. The lowest BCUT2D eigenvalue weighted by molar-refractivity contribution is -0.220. The van der Waals surface area contributed by atoms with E-state index >= 15 is 0 Å². The van der Waals surface area contributed by atoms with E-state index in [4.69, 9.17) is 18.5 Å². The highest BCUT2D eigenvalue weighted by Crippen LogP contribution is 2.47. The molecule has 0 aliphatic heterocycles. The summed E-state index contributed by atoms with van der Waals surface area (Å²) in [6, 6.07) is 0. The van der Waals surface area contributed by atoms with E-state index in [9.17, 15) is 44.6 Å². The summed E-state index contributed by atoms with van der Waals surface area (Å²) >= 11 is 0. The lowest BCUT2D eigenvalue weighted by atomic mass is 9.85. The van der Waals surface area contributed by atoms with Crippen LogP contribution in [-0.2, 0) is 32.7 Å². The second-order valence-electron chi connectivity index (χ2n) is 16.6. The summed E-state index contributed by atoms with van der Waals surface area (Å²) in [7, 11) is -5.12.